The smallest absolute Gasteiger partial charge is 0.291 e. The molecule has 0 bridgehead atoms. The summed E-state index contributed by atoms with van der Waals surface area (Å²) in [4.78, 5) is 14.8. The minimum absolute atomic E-state index is 0.255. The van der Waals surface area contributed by atoms with Crippen molar-refractivity contribution in [2.24, 2.45) is 0 Å². The summed E-state index contributed by atoms with van der Waals surface area (Å²) >= 11 is 6.22. The molecule has 4 rings (SSSR count). The summed E-state index contributed by atoms with van der Waals surface area (Å²) in [5.41, 5.74) is 3.26. The number of hydrogen-bond donors (Lipinski definition) is 1. The van der Waals surface area contributed by atoms with E-state index in [2.05, 4.69) is 15.3 Å². The largest absolute Gasteiger partial charge is 0.455 e. The fourth-order valence-electron chi connectivity index (χ4n) is 3.50. The monoisotopic (exact) mass is 398 g/mol. The highest BCUT2D eigenvalue weighted by atomic mass is 35.5. The van der Waals surface area contributed by atoms with Crippen LogP contribution >= 0.6 is 11.6 Å². The second kappa shape index (κ2) is 7.81. The van der Waals surface area contributed by atoms with Crippen molar-refractivity contribution >= 4 is 23.2 Å². The molecule has 0 radical (unpaired) electrons. The molecule has 0 aliphatic carbocycles. The third-order valence-corrected chi connectivity index (χ3v) is 5.58. The molecule has 28 heavy (non-hydrogen) atoms. The Labute approximate surface area is 169 Å². The molecule has 2 aromatic heterocycles. The van der Waals surface area contributed by atoms with Crippen LogP contribution in [0.25, 0.3) is 5.69 Å². The van der Waals surface area contributed by atoms with E-state index in [4.69, 9.17) is 16.0 Å². The molecular formula is C21H23ClN4O2. The van der Waals surface area contributed by atoms with Crippen molar-refractivity contribution in [2.45, 2.75) is 33.2 Å². The molecule has 6 nitrogen and oxygen atoms in total. The number of carbonyl (C=O) groups is 1. The van der Waals surface area contributed by atoms with E-state index >= 15 is 0 Å². The highest BCUT2D eigenvalue weighted by Gasteiger charge is 2.16. The van der Waals surface area contributed by atoms with Crippen LogP contribution < -0.4 is 5.32 Å². The van der Waals surface area contributed by atoms with Crippen LogP contribution in [0.1, 0.15) is 40.5 Å². The molecule has 1 aromatic carbocycles. The van der Waals surface area contributed by atoms with Crippen LogP contribution in [0.5, 0.6) is 0 Å². The van der Waals surface area contributed by atoms with Crippen molar-refractivity contribution < 1.29 is 9.21 Å². The van der Waals surface area contributed by atoms with Gasteiger partial charge in [-0.2, -0.15) is 5.10 Å². The summed E-state index contributed by atoms with van der Waals surface area (Å²) in [5, 5.41) is 7.98. The van der Waals surface area contributed by atoms with Gasteiger partial charge in [-0.3, -0.25) is 9.69 Å². The third-order valence-electron chi connectivity index (χ3n) is 5.04. The number of nitrogens with one attached hydrogen (secondary N) is 1. The first-order valence-electron chi connectivity index (χ1n) is 9.46. The zero-order valence-electron chi connectivity index (χ0n) is 16.0. The number of likely N-dealkylation sites (tertiary alicyclic amines) is 1. The predicted octanol–water partition coefficient (Wildman–Crippen LogP) is 4.58. The van der Waals surface area contributed by atoms with Gasteiger partial charge < -0.3 is 9.73 Å². The van der Waals surface area contributed by atoms with E-state index in [1.54, 1.807) is 10.7 Å². The normalized spacial score (nSPS) is 14.5. The number of amides is 1. The lowest BCUT2D eigenvalue weighted by Crippen LogP contribution is -2.18. The first-order valence-corrected chi connectivity index (χ1v) is 9.83. The lowest BCUT2D eigenvalue weighted by molar-refractivity contribution is 0.0993. The Morgan fingerprint density at radius 2 is 1.86 bits per heavy atom. The fourth-order valence-corrected chi connectivity index (χ4v) is 3.62. The number of anilines is 1. The first-order chi connectivity index (χ1) is 13.5. The Balaban J connectivity index is 1.42. The molecule has 0 spiro atoms. The van der Waals surface area contributed by atoms with Gasteiger partial charge in [-0.05, 0) is 76.2 Å². The second-order valence-corrected chi connectivity index (χ2v) is 7.52. The standard InChI is InChI=1S/C21H23ClN4O2/c1-14-20(22)15(2)26(24-14)17-7-5-16(6-8-17)23-21(27)19-10-9-18(28-19)13-25-11-3-4-12-25/h5-10H,3-4,11-13H2,1-2H3,(H,23,27). The van der Waals surface area contributed by atoms with Crippen LogP contribution in [0.15, 0.2) is 40.8 Å². The number of benzene rings is 1. The number of rotatable bonds is 5. The number of hydrogen-bond acceptors (Lipinski definition) is 4. The molecule has 0 atom stereocenters. The average Bonchev–Trinajstić information content (AvgIpc) is 3.42. The summed E-state index contributed by atoms with van der Waals surface area (Å²) in [5.74, 6) is 0.891. The predicted molar refractivity (Wildman–Crippen MR) is 109 cm³/mol. The minimum Gasteiger partial charge on any atom is -0.455 e. The molecule has 1 fully saturated rings. The number of nitrogens with zero attached hydrogens (tertiary/aromatic N) is 3. The van der Waals surface area contributed by atoms with Gasteiger partial charge in [-0.25, -0.2) is 4.68 Å². The molecule has 3 aromatic rings. The summed E-state index contributed by atoms with van der Waals surface area (Å²) in [6, 6.07) is 11.1. The maximum absolute atomic E-state index is 12.5. The van der Waals surface area contributed by atoms with Crippen molar-refractivity contribution in [1.82, 2.24) is 14.7 Å². The Bertz CT molecular complexity index is 985. The number of carbonyl (C=O) groups excluding carboxylic acids is 1. The fraction of sp³-hybridized carbons (Fsp3) is 0.333. The van der Waals surface area contributed by atoms with Crippen LogP contribution in [0.4, 0.5) is 5.69 Å². The molecule has 7 heteroatoms. The minimum atomic E-state index is -0.255. The van der Waals surface area contributed by atoms with Crippen LogP contribution in [0, 0.1) is 13.8 Å². The van der Waals surface area contributed by atoms with Crippen molar-refractivity contribution in [3.05, 3.63) is 64.3 Å². The topological polar surface area (TPSA) is 63.3 Å². The van der Waals surface area contributed by atoms with E-state index in [1.807, 2.05) is 44.2 Å². The van der Waals surface area contributed by atoms with Gasteiger partial charge in [0.1, 0.15) is 5.76 Å². The van der Waals surface area contributed by atoms with Gasteiger partial charge in [0, 0.05) is 5.69 Å². The molecule has 1 amide bonds. The molecule has 1 saturated heterocycles. The summed E-state index contributed by atoms with van der Waals surface area (Å²) in [7, 11) is 0. The molecular weight excluding hydrogens is 376 g/mol. The lowest BCUT2D eigenvalue weighted by atomic mass is 10.2. The highest BCUT2D eigenvalue weighted by molar-refractivity contribution is 6.31. The SMILES string of the molecule is Cc1nn(-c2ccc(NC(=O)c3ccc(CN4CCCC4)o3)cc2)c(C)c1Cl. The molecule has 1 N–H and O–H groups in total. The zero-order chi connectivity index (χ0) is 19.7. The number of halogens is 1. The van der Waals surface area contributed by atoms with Gasteiger partial charge in [0.15, 0.2) is 5.76 Å². The van der Waals surface area contributed by atoms with Crippen LogP contribution in [0.2, 0.25) is 5.02 Å². The van der Waals surface area contributed by atoms with Crippen molar-refractivity contribution in [3.8, 4) is 5.69 Å². The number of aryl methyl sites for hydroxylation is 1. The number of aromatic nitrogens is 2. The van der Waals surface area contributed by atoms with Crippen LogP contribution in [-0.4, -0.2) is 33.7 Å². The van der Waals surface area contributed by atoms with Gasteiger partial charge in [-0.15, -0.1) is 0 Å². The van der Waals surface area contributed by atoms with Gasteiger partial charge in [0.2, 0.25) is 0 Å². The van der Waals surface area contributed by atoms with E-state index in [0.29, 0.717) is 16.5 Å². The maximum Gasteiger partial charge on any atom is 0.291 e. The van der Waals surface area contributed by atoms with E-state index in [1.165, 1.54) is 12.8 Å². The van der Waals surface area contributed by atoms with E-state index < -0.39 is 0 Å². The molecule has 1 aliphatic rings. The van der Waals surface area contributed by atoms with Crippen LogP contribution in [0.3, 0.4) is 0 Å². The van der Waals surface area contributed by atoms with Crippen LogP contribution in [-0.2, 0) is 6.54 Å². The number of furan rings is 1. The molecule has 0 unspecified atom stereocenters. The lowest BCUT2D eigenvalue weighted by Gasteiger charge is -2.11. The van der Waals surface area contributed by atoms with Gasteiger partial charge in [0.05, 0.1) is 28.6 Å². The molecule has 1 aliphatic heterocycles. The second-order valence-electron chi connectivity index (χ2n) is 7.15. The highest BCUT2D eigenvalue weighted by Crippen LogP contribution is 2.23. The Hall–Kier alpha value is -2.57. The molecule has 146 valence electrons. The Kier molecular flexibility index (Phi) is 5.24. The van der Waals surface area contributed by atoms with Gasteiger partial charge in [-0.1, -0.05) is 11.6 Å². The van der Waals surface area contributed by atoms with Crippen molar-refractivity contribution in [1.29, 1.82) is 0 Å². The van der Waals surface area contributed by atoms with E-state index in [0.717, 1.165) is 42.5 Å². The zero-order valence-corrected chi connectivity index (χ0v) is 16.8. The Morgan fingerprint density at radius 1 is 1.14 bits per heavy atom. The van der Waals surface area contributed by atoms with Crippen molar-refractivity contribution in [2.75, 3.05) is 18.4 Å². The van der Waals surface area contributed by atoms with E-state index in [9.17, 15) is 4.79 Å². The van der Waals surface area contributed by atoms with Gasteiger partial charge in [0.25, 0.3) is 5.91 Å². The summed E-state index contributed by atoms with van der Waals surface area (Å²) in [6.45, 7) is 6.74. The maximum atomic E-state index is 12.5. The van der Waals surface area contributed by atoms with Gasteiger partial charge >= 0.3 is 0 Å². The average molecular weight is 399 g/mol. The summed E-state index contributed by atoms with van der Waals surface area (Å²) in [6.07, 6.45) is 2.46. The molecule has 0 saturated carbocycles. The third kappa shape index (κ3) is 3.84. The van der Waals surface area contributed by atoms with Crippen molar-refractivity contribution in [3.63, 3.8) is 0 Å². The first kappa shape index (κ1) is 18.8. The quantitative estimate of drug-likeness (QED) is 0.683. The Morgan fingerprint density at radius 3 is 2.50 bits per heavy atom. The summed E-state index contributed by atoms with van der Waals surface area (Å²) < 4.78 is 7.51. The molecule has 3 heterocycles. The van der Waals surface area contributed by atoms with E-state index in [-0.39, 0.29) is 5.91 Å².